The van der Waals surface area contributed by atoms with Crippen molar-refractivity contribution in [1.82, 2.24) is 4.90 Å². The van der Waals surface area contributed by atoms with Gasteiger partial charge < -0.3 is 4.74 Å². The van der Waals surface area contributed by atoms with E-state index in [9.17, 15) is 0 Å². The van der Waals surface area contributed by atoms with Gasteiger partial charge in [0.1, 0.15) is 5.75 Å². The SMILES string of the molecule is CN1CC[C@@H]2COc3ccccc3[C@@H]21. The Morgan fingerprint density at radius 1 is 1.36 bits per heavy atom. The summed E-state index contributed by atoms with van der Waals surface area (Å²) in [5.74, 6) is 1.79. The summed E-state index contributed by atoms with van der Waals surface area (Å²) in [5, 5.41) is 0. The lowest BCUT2D eigenvalue weighted by molar-refractivity contribution is 0.164. The summed E-state index contributed by atoms with van der Waals surface area (Å²) in [5.41, 5.74) is 1.38. The van der Waals surface area contributed by atoms with Crippen LogP contribution in [0.1, 0.15) is 18.0 Å². The predicted octanol–water partition coefficient (Wildman–Crippen LogP) is 2.07. The summed E-state index contributed by atoms with van der Waals surface area (Å²) < 4.78 is 5.76. The smallest absolute Gasteiger partial charge is 0.124 e. The van der Waals surface area contributed by atoms with Gasteiger partial charge in [-0.15, -0.1) is 0 Å². The van der Waals surface area contributed by atoms with Crippen molar-refractivity contribution >= 4 is 0 Å². The highest BCUT2D eigenvalue weighted by Gasteiger charge is 2.37. The number of benzene rings is 1. The molecule has 0 N–H and O–H groups in total. The minimum atomic E-state index is 0.597. The molecular weight excluding hydrogens is 174 g/mol. The fraction of sp³-hybridized carbons (Fsp3) is 0.500. The second kappa shape index (κ2) is 2.99. The molecule has 2 aliphatic rings. The Hall–Kier alpha value is -1.02. The average Bonchev–Trinajstić information content (AvgIpc) is 2.61. The van der Waals surface area contributed by atoms with Crippen LogP contribution in [0.2, 0.25) is 0 Å². The van der Waals surface area contributed by atoms with E-state index in [0.29, 0.717) is 12.0 Å². The van der Waals surface area contributed by atoms with Crippen molar-refractivity contribution < 1.29 is 4.74 Å². The minimum Gasteiger partial charge on any atom is -0.493 e. The average molecular weight is 189 g/mol. The summed E-state index contributed by atoms with van der Waals surface area (Å²) in [6, 6.07) is 9.04. The van der Waals surface area contributed by atoms with Gasteiger partial charge in [0, 0.05) is 17.5 Å². The van der Waals surface area contributed by atoms with Crippen LogP contribution >= 0.6 is 0 Å². The molecule has 74 valence electrons. The third kappa shape index (κ3) is 1.07. The number of likely N-dealkylation sites (tertiary alicyclic amines) is 1. The molecule has 0 amide bonds. The van der Waals surface area contributed by atoms with Crippen molar-refractivity contribution in [1.29, 1.82) is 0 Å². The van der Waals surface area contributed by atoms with Gasteiger partial charge >= 0.3 is 0 Å². The molecule has 0 saturated carbocycles. The van der Waals surface area contributed by atoms with E-state index in [-0.39, 0.29) is 0 Å². The molecule has 0 aromatic heterocycles. The number of hydrogen-bond donors (Lipinski definition) is 0. The first-order valence-corrected chi connectivity index (χ1v) is 5.28. The van der Waals surface area contributed by atoms with E-state index in [2.05, 4.69) is 30.1 Å². The lowest BCUT2D eigenvalue weighted by Crippen LogP contribution is -2.28. The van der Waals surface area contributed by atoms with Crippen molar-refractivity contribution in [2.24, 2.45) is 5.92 Å². The fourth-order valence-electron chi connectivity index (χ4n) is 2.75. The van der Waals surface area contributed by atoms with Crippen molar-refractivity contribution in [2.45, 2.75) is 12.5 Å². The first kappa shape index (κ1) is 8.30. The molecule has 0 spiro atoms. The van der Waals surface area contributed by atoms with Gasteiger partial charge in [-0.1, -0.05) is 18.2 Å². The van der Waals surface area contributed by atoms with E-state index in [4.69, 9.17) is 4.74 Å². The molecule has 2 nitrogen and oxygen atoms in total. The molecule has 1 fully saturated rings. The topological polar surface area (TPSA) is 12.5 Å². The van der Waals surface area contributed by atoms with Crippen LogP contribution in [0.4, 0.5) is 0 Å². The van der Waals surface area contributed by atoms with Crippen molar-refractivity contribution in [3.05, 3.63) is 29.8 Å². The Kier molecular flexibility index (Phi) is 1.77. The zero-order valence-electron chi connectivity index (χ0n) is 8.44. The highest BCUT2D eigenvalue weighted by atomic mass is 16.5. The predicted molar refractivity (Wildman–Crippen MR) is 55.4 cm³/mol. The highest BCUT2D eigenvalue weighted by Crippen LogP contribution is 2.43. The van der Waals surface area contributed by atoms with E-state index in [0.717, 1.165) is 12.4 Å². The second-order valence-electron chi connectivity index (χ2n) is 4.32. The van der Waals surface area contributed by atoms with Gasteiger partial charge in [-0.3, -0.25) is 4.90 Å². The normalized spacial score (nSPS) is 30.6. The molecule has 0 unspecified atom stereocenters. The van der Waals surface area contributed by atoms with Crippen molar-refractivity contribution in [2.75, 3.05) is 20.2 Å². The van der Waals surface area contributed by atoms with Gasteiger partial charge in [-0.25, -0.2) is 0 Å². The monoisotopic (exact) mass is 189 g/mol. The van der Waals surface area contributed by atoms with Gasteiger partial charge in [0.15, 0.2) is 0 Å². The maximum atomic E-state index is 5.76. The molecule has 1 aromatic rings. The quantitative estimate of drug-likeness (QED) is 0.619. The molecule has 14 heavy (non-hydrogen) atoms. The van der Waals surface area contributed by atoms with Gasteiger partial charge in [-0.05, 0) is 26.1 Å². The van der Waals surface area contributed by atoms with Crippen LogP contribution in [0.3, 0.4) is 0 Å². The molecule has 0 bridgehead atoms. The van der Waals surface area contributed by atoms with Gasteiger partial charge in [0.25, 0.3) is 0 Å². The maximum Gasteiger partial charge on any atom is 0.124 e. The van der Waals surface area contributed by atoms with Gasteiger partial charge in [-0.2, -0.15) is 0 Å². The molecule has 1 aromatic carbocycles. The largest absolute Gasteiger partial charge is 0.493 e. The number of nitrogens with zero attached hydrogens (tertiary/aromatic N) is 1. The molecular formula is C12H15NO. The Morgan fingerprint density at radius 3 is 3.14 bits per heavy atom. The van der Waals surface area contributed by atoms with Crippen LogP contribution < -0.4 is 4.74 Å². The van der Waals surface area contributed by atoms with E-state index < -0.39 is 0 Å². The lowest BCUT2D eigenvalue weighted by atomic mass is 9.92. The molecule has 1 saturated heterocycles. The highest BCUT2D eigenvalue weighted by molar-refractivity contribution is 5.38. The summed E-state index contributed by atoms with van der Waals surface area (Å²) in [6.07, 6.45) is 1.27. The number of ether oxygens (including phenoxy) is 1. The third-order valence-corrected chi connectivity index (χ3v) is 3.46. The standard InChI is InChI=1S/C12H15NO/c1-13-7-6-9-8-14-11-5-3-2-4-10(11)12(9)13/h2-5,9,12H,6-8H2,1H3/t9-,12-/m1/s1. The first-order valence-electron chi connectivity index (χ1n) is 5.28. The lowest BCUT2D eigenvalue weighted by Gasteiger charge is -2.31. The number of fused-ring (bicyclic) bond motifs is 3. The zero-order chi connectivity index (χ0) is 9.54. The second-order valence-corrected chi connectivity index (χ2v) is 4.32. The van der Waals surface area contributed by atoms with Crippen molar-refractivity contribution in [3.8, 4) is 5.75 Å². The first-order chi connectivity index (χ1) is 6.86. The molecule has 0 aliphatic carbocycles. The number of hydrogen-bond acceptors (Lipinski definition) is 2. The maximum absolute atomic E-state index is 5.76. The Bertz CT molecular complexity index is 350. The Labute approximate surface area is 84.5 Å². The summed E-state index contributed by atoms with van der Waals surface area (Å²) >= 11 is 0. The van der Waals surface area contributed by atoms with E-state index in [1.165, 1.54) is 18.5 Å². The molecule has 2 aliphatic heterocycles. The van der Waals surface area contributed by atoms with Gasteiger partial charge in [0.2, 0.25) is 0 Å². The molecule has 0 radical (unpaired) electrons. The van der Waals surface area contributed by atoms with Crippen LogP contribution in [-0.2, 0) is 0 Å². The third-order valence-electron chi connectivity index (χ3n) is 3.46. The van der Waals surface area contributed by atoms with Crippen molar-refractivity contribution in [3.63, 3.8) is 0 Å². The van der Waals surface area contributed by atoms with Gasteiger partial charge in [0.05, 0.1) is 6.61 Å². The zero-order valence-corrected chi connectivity index (χ0v) is 8.44. The van der Waals surface area contributed by atoms with E-state index in [1.807, 2.05) is 6.07 Å². The van der Waals surface area contributed by atoms with Crippen LogP contribution in [0.15, 0.2) is 24.3 Å². The van der Waals surface area contributed by atoms with E-state index >= 15 is 0 Å². The number of rotatable bonds is 0. The molecule has 3 rings (SSSR count). The summed E-state index contributed by atoms with van der Waals surface area (Å²) in [6.45, 7) is 2.10. The summed E-state index contributed by atoms with van der Waals surface area (Å²) in [4.78, 5) is 2.45. The Balaban J connectivity index is 2.07. The van der Waals surface area contributed by atoms with Crippen LogP contribution in [0.5, 0.6) is 5.75 Å². The molecule has 2 heterocycles. The van der Waals surface area contributed by atoms with Crippen LogP contribution in [0.25, 0.3) is 0 Å². The minimum absolute atomic E-state index is 0.597. The fourth-order valence-corrected chi connectivity index (χ4v) is 2.75. The van der Waals surface area contributed by atoms with Crippen LogP contribution in [-0.4, -0.2) is 25.1 Å². The molecule has 2 heteroatoms. The summed E-state index contributed by atoms with van der Waals surface area (Å²) in [7, 11) is 2.22. The van der Waals surface area contributed by atoms with E-state index in [1.54, 1.807) is 0 Å². The number of para-hydroxylation sites is 1. The Morgan fingerprint density at radius 2 is 2.21 bits per heavy atom. The van der Waals surface area contributed by atoms with Crippen LogP contribution in [0, 0.1) is 5.92 Å². The molecule has 2 atom stereocenters.